The number of anilines is 1. The van der Waals surface area contributed by atoms with Gasteiger partial charge in [-0.1, -0.05) is 32.9 Å². The van der Waals surface area contributed by atoms with Crippen molar-refractivity contribution >= 4 is 11.6 Å². The van der Waals surface area contributed by atoms with E-state index in [4.69, 9.17) is 0 Å². The van der Waals surface area contributed by atoms with Crippen LogP contribution in [0.4, 0.5) is 5.69 Å². The summed E-state index contributed by atoms with van der Waals surface area (Å²) in [5.41, 5.74) is 3.63. The Balaban J connectivity index is 1.78. The zero-order chi connectivity index (χ0) is 16.4. The first-order valence-corrected chi connectivity index (χ1v) is 9.09. The highest BCUT2D eigenvalue weighted by molar-refractivity contribution is 5.97. The summed E-state index contributed by atoms with van der Waals surface area (Å²) in [4.78, 5) is 14.7. The molecule has 3 rings (SSSR count). The van der Waals surface area contributed by atoms with E-state index in [0.717, 1.165) is 44.1 Å². The number of hydrogen-bond donors (Lipinski definition) is 1. The second-order valence-electron chi connectivity index (χ2n) is 8.17. The van der Waals surface area contributed by atoms with Gasteiger partial charge in [0.2, 0.25) is 5.91 Å². The standard InChI is InChI=1S/C20H30N2O/c1-20(2,3)19(23)22-12-4-5-17-14-16(6-7-18(17)22)13-15-8-10-21-11-9-15/h6-7,14-15,21H,4-5,8-13H2,1-3H3. The molecule has 1 saturated heterocycles. The number of piperidine rings is 1. The lowest BCUT2D eigenvalue weighted by molar-refractivity contribution is -0.125. The van der Waals surface area contributed by atoms with E-state index < -0.39 is 0 Å². The molecule has 1 aromatic carbocycles. The lowest BCUT2D eigenvalue weighted by Crippen LogP contribution is -2.42. The Kier molecular flexibility index (Phi) is 4.77. The average Bonchev–Trinajstić information content (AvgIpc) is 2.53. The van der Waals surface area contributed by atoms with Crippen molar-refractivity contribution in [3.8, 4) is 0 Å². The van der Waals surface area contributed by atoms with Crippen LogP contribution < -0.4 is 10.2 Å². The van der Waals surface area contributed by atoms with Gasteiger partial charge in [-0.3, -0.25) is 4.79 Å². The Hall–Kier alpha value is -1.35. The van der Waals surface area contributed by atoms with E-state index >= 15 is 0 Å². The summed E-state index contributed by atoms with van der Waals surface area (Å²) in [5, 5.41) is 3.44. The molecular formula is C20H30N2O. The van der Waals surface area contributed by atoms with Crippen molar-refractivity contribution in [1.82, 2.24) is 5.32 Å². The zero-order valence-corrected chi connectivity index (χ0v) is 14.8. The molecule has 0 spiro atoms. The number of hydrogen-bond acceptors (Lipinski definition) is 2. The SMILES string of the molecule is CC(C)(C)C(=O)N1CCCc2cc(CC3CCNCC3)ccc21. The van der Waals surface area contributed by atoms with Gasteiger partial charge < -0.3 is 10.2 Å². The molecule has 1 N–H and O–H groups in total. The van der Waals surface area contributed by atoms with Crippen LogP contribution in [0.1, 0.15) is 51.2 Å². The van der Waals surface area contributed by atoms with Crippen LogP contribution in [0.3, 0.4) is 0 Å². The van der Waals surface area contributed by atoms with Crippen molar-refractivity contribution in [3.63, 3.8) is 0 Å². The van der Waals surface area contributed by atoms with Gasteiger partial charge >= 0.3 is 0 Å². The molecule has 0 saturated carbocycles. The molecule has 3 nitrogen and oxygen atoms in total. The predicted octanol–water partition coefficient (Wildman–Crippen LogP) is 3.55. The fourth-order valence-electron chi connectivity index (χ4n) is 3.81. The number of amides is 1. The second kappa shape index (κ2) is 6.64. The molecule has 2 aliphatic heterocycles. The second-order valence-corrected chi connectivity index (χ2v) is 8.17. The summed E-state index contributed by atoms with van der Waals surface area (Å²) in [6, 6.07) is 6.79. The quantitative estimate of drug-likeness (QED) is 0.905. The van der Waals surface area contributed by atoms with E-state index in [-0.39, 0.29) is 11.3 Å². The molecule has 0 aromatic heterocycles. The molecule has 23 heavy (non-hydrogen) atoms. The number of carbonyl (C=O) groups is 1. The number of nitrogens with zero attached hydrogens (tertiary/aromatic N) is 1. The first kappa shape index (κ1) is 16.5. The molecule has 1 fully saturated rings. The third-order valence-electron chi connectivity index (χ3n) is 5.13. The van der Waals surface area contributed by atoms with E-state index in [1.54, 1.807) is 0 Å². The van der Waals surface area contributed by atoms with Crippen LogP contribution in [0.2, 0.25) is 0 Å². The number of carbonyl (C=O) groups excluding carboxylic acids is 1. The summed E-state index contributed by atoms with van der Waals surface area (Å²) in [6.45, 7) is 9.20. The van der Waals surface area contributed by atoms with E-state index in [1.807, 2.05) is 25.7 Å². The predicted molar refractivity (Wildman–Crippen MR) is 95.9 cm³/mol. The van der Waals surface area contributed by atoms with Gasteiger partial charge in [0, 0.05) is 17.6 Å². The van der Waals surface area contributed by atoms with Gasteiger partial charge in [-0.05, 0) is 68.3 Å². The van der Waals surface area contributed by atoms with Gasteiger partial charge in [-0.2, -0.15) is 0 Å². The van der Waals surface area contributed by atoms with Gasteiger partial charge in [0.05, 0.1) is 0 Å². The molecule has 0 radical (unpaired) electrons. The monoisotopic (exact) mass is 314 g/mol. The molecule has 126 valence electrons. The van der Waals surface area contributed by atoms with Crippen LogP contribution >= 0.6 is 0 Å². The van der Waals surface area contributed by atoms with Crippen LogP contribution in [0.5, 0.6) is 0 Å². The first-order chi connectivity index (χ1) is 10.9. The van der Waals surface area contributed by atoms with Gasteiger partial charge in [0.15, 0.2) is 0 Å². The minimum Gasteiger partial charge on any atom is -0.317 e. The van der Waals surface area contributed by atoms with Crippen LogP contribution in [-0.4, -0.2) is 25.5 Å². The highest BCUT2D eigenvalue weighted by Gasteiger charge is 2.31. The third-order valence-corrected chi connectivity index (χ3v) is 5.13. The largest absolute Gasteiger partial charge is 0.317 e. The lowest BCUT2D eigenvalue weighted by Gasteiger charge is -2.34. The van der Waals surface area contributed by atoms with E-state index in [1.165, 1.54) is 30.4 Å². The lowest BCUT2D eigenvalue weighted by atomic mass is 9.88. The molecule has 3 heteroatoms. The maximum Gasteiger partial charge on any atom is 0.232 e. The Bertz CT molecular complexity index is 567. The molecule has 1 aromatic rings. The summed E-state index contributed by atoms with van der Waals surface area (Å²) in [6.07, 6.45) is 5.93. The van der Waals surface area contributed by atoms with Crippen molar-refractivity contribution in [2.24, 2.45) is 11.3 Å². The van der Waals surface area contributed by atoms with Crippen LogP contribution in [0, 0.1) is 11.3 Å². The summed E-state index contributed by atoms with van der Waals surface area (Å²) in [7, 11) is 0. The molecule has 2 aliphatic rings. The highest BCUT2D eigenvalue weighted by Crippen LogP contribution is 2.32. The molecule has 0 atom stereocenters. The van der Waals surface area contributed by atoms with Gasteiger partial charge in [0.25, 0.3) is 0 Å². The zero-order valence-electron chi connectivity index (χ0n) is 14.8. The van der Waals surface area contributed by atoms with Crippen LogP contribution in [-0.2, 0) is 17.6 Å². The van der Waals surface area contributed by atoms with Crippen molar-refractivity contribution in [3.05, 3.63) is 29.3 Å². The summed E-state index contributed by atoms with van der Waals surface area (Å²) in [5.74, 6) is 1.05. The molecule has 0 bridgehead atoms. The fourth-order valence-corrected chi connectivity index (χ4v) is 3.81. The van der Waals surface area contributed by atoms with Crippen molar-refractivity contribution in [2.45, 2.75) is 52.9 Å². The van der Waals surface area contributed by atoms with Crippen LogP contribution in [0.25, 0.3) is 0 Å². The highest BCUT2D eigenvalue weighted by atomic mass is 16.2. The third kappa shape index (κ3) is 3.77. The number of aryl methyl sites for hydroxylation is 1. The first-order valence-electron chi connectivity index (χ1n) is 9.09. The minimum absolute atomic E-state index is 0.240. The molecular weight excluding hydrogens is 284 g/mol. The average molecular weight is 314 g/mol. The maximum absolute atomic E-state index is 12.7. The van der Waals surface area contributed by atoms with Gasteiger partial charge in [-0.25, -0.2) is 0 Å². The maximum atomic E-state index is 12.7. The normalized spacial score (nSPS) is 19.5. The van der Waals surface area contributed by atoms with Crippen molar-refractivity contribution < 1.29 is 4.79 Å². The Labute approximate surface area is 140 Å². The number of fused-ring (bicyclic) bond motifs is 1. The molecule has 0 aliphatic carbocycles. The topological polar surface area (TPSA) is 32.3 Å². The summed E-state index contributed by atoms with van der Waals surface area (Å²) >= 11 is 0. The smallest absolute Gasteiger partial charge is 0.232 e. The Morgan fingerprint density at radius 3 is 2.70 bits per heavy atom. The van der Waals surface area contributed by atoms with Crippen molar-refractivity contribution in [2.75, 3.05) is 24.5 Å². The minimum atomic E-state index is -0.317. The van der Waals surface area contributed by atoms with Crippen LogP contribution in [0.15, 0.2) is 18.2 Å². The molecule has 0 unspecified atom stereocenters. The van der Waals surface area contributed by atoms with Gasteiger partial charge in [-0.15, -0.1) is 0 Å². The fraction of sp³-hybridized carbons (Fsp3) is 0.650. The Morgan fingerprint density at radius 2 is 2.00 bits per heavy atom. The van der Waals surface area contributed by atoms with E-state index in [2.05, 4.69) is 23.5 Å². The number of nitrogens with one attached hydrogen (secondary N) is 1. The molecule has 1 amide bonds. The van der Waals surface area contributed by atoms with Gasteiger partial charge in [0.1, 0.15) is 0 Å². The van der Waals surface area contributed by atoms with E-state index in [9.17, 15) is 4.79 Å². The number of benzene rings is 1. The van der Waals surface area contributed by atoms with Crippen molar-refractivity contribution in [1.29, 1.82) is 0 Å². The van der Waals surface area contributed by atoms with E-state index in [0.29, 0.717) is 0 Å². The number of rotatable bonds is 2. The summed E-state index contributed by atoms with van der Waals surface area (Å²) < 4.78 is 0. The molecule has 2 heterocycles. The Morgan fingerprint density at radius 1 is 1.26 bits per heavy atom.